The molecular weight excluding hydrogens is 268 g/mol. The predicted molar refractivity (Wildman–Crippen MR) is 80.5 cm³/mol. The molecule has 0 fully saturated rings. The first-order valence-corrected chi connectivity index (χ1v) is 7.13. The van der Waals surface area contributed by atoms with Gasteiger partial charge in [-0.25, -0.2) is 4.68 Å². The largest absolute Gasteiger partial charge is 0.361 e. The van der Waals surface area contributed by atoms with Crippen LogP contribution < -0.4 is 5.32 Å². The fourth-order valence-corrected chi connectivity index (χ4v) is 3.01. The highest BCUT2D eigenvalue weighted by molar-refractivity contribution is 5.61. The standard InChI is InChI=1S/C15H18N4O2/c1-3-13-14(19(20)21)15(18(2)17-13)16-12-8-10-6-4-5-7-11(10)9-12/h4-7,12,16H,3,8-9H2,1-2H3. The molecule has 0 amide bonds. The van der Waals surface area contributed by atoms with Crippen molar-refractivity contribution in [3.05, 3.63) is 51.2 Å². The fraction of sp³-hybridized carbons (Fsp3) is 0.400. The van der Waals surface area contributed by atoms with Gasteiger partial charge in [0, 0.05) is 13.1 Å². The van der Waals surface area contributed by atoms with Gasteiger partial charge in [0.25, 0.3) is 0 Å². The minimum Gasteiger partial charge on any atom is -0.361 e. The van der Waals surface area contributed by atoms with E-state index in [9.17, 15) is 10.1 Å². The van der Waals surface area contributed by atoms with Crippen LogP contribution in [0, 0.1) is 10.1 Å². The molecule has 3 rings (SSSR count). The molecule has 6 heteroatoms. The molecule has 0 unspecified atom stereocenters. The van der Waals surface area contributed by atoms with Crippen molar-refractivity contribution < 1.29 is 4.92 Å². The molecule has 1 aliphatic rings. The van der Waals surface area contributed by atoms with Crippen LogP contribution in [0.5, 0.6) is 0 Å². The predicted octanol–water partition coefficient (Wildman–Crippen LogP) is 2.47. The average Bonchev–Trinajstić information content (AvgIpc) is 3.00. The first kappa shape index (κ1) is 13.6. The molecule has 0 aliphatic heterocycles. The van der Waals surface area contributed by atoms with Crippen LogP contribution in [0.3, 0.4) is 0 Å². The zero-order chi connectivity index (χ0) is 15.0. The maximum absolute atomic E-state index is 11.3. The summed E-state index contributed by atoms with van der Waals surface area (Å²) in [5.41, 5.74) is 3.27. The number of benzene rings is 1. The van der Waals surface area contributed by atoms with Gasteiger partial charge in [-0.1, -0.05) is 31.2 Å². The van der Waals surface area contributed by atoms with Crippen LogP contribution in [0.15, 0.2) is 24.3 Å². The van der Waals surface area contributed by atoms with Crippen molar-refractivity contribution >= 4 is 11.5 Å². The van der Waals surface area contributed by atoms with E-state index in [0.717, 1.165) is 12.8 Å². The summed E-state index contributed by atoms with van der Waals surface area (Å²) in [7, 11) is 1.75. The number of nitrogens with one attached hydrogen (secondary N) is 1. The minimum atomic E-state index is -0.337. The Hall–Kier alpha value is -2.37. The van der Waals surface area contributed by atoms with Crippen molar-refractivity contribution in [3.8, 4) is 0 Å². The van der Waals surface area contributed by atoms with Crippen molar-refractivity contribution in [1.82, 2.24) is 9.78 Å². The van der Waals surface area contributed by atoms with Crippen molar-refractivity contribution in [3.63, 3.8) is 0 Å². The molecule has 21 heavy (non-hydrogen) atoms. The third kappa shape index (κ3) is 2.37. The third-order valence-electron chi connectivity index (χ3n) is 4.00. The van der Waals surface area contributed by atoms with Crippen molar-refractivity contribution in [2.24, 2.45) is 7.05 Å². The van der Waals surface area contributed by atoms with Crippen molar-refractivity contribution in [1.29, 1.82) is 0 Å². The number of hydrogen-bond acceptors (Lipinski definition) is 4. The van der Waals surface area contributed by atoms with E-state index < -0.39 is 0 Å². The van der Waals surface area contributed by atoms with E-state index in [0.29, 0.717) is 17.9 Å². The summed E-state index contributed by atoms with van der Waals surface area (Å²) >= 11 is 0. The van der Waals surface area contributed by atoms with Crippen LogP contribution >= 0.6 is 0 Å². The van der Waals surface area contributed by atoms with Crippen molar-refractivity contribution in [2.45, 2.75) is 32.2 Å². The van der Waals surface area contributed by atoms with E-state index in [4.69, 9.17) is 0 Å². The summed E-state index contributed by atoms with van der Waals surface area (Å²) in [5, 5.41) is 18.9. The first-order chi connectivity index (χ1) is 10.1. The molecule has 2 aromatic rings. The molecule has 1 N–H and O–H groups in total. The van der Waals surface area contributed by atoms with Gasteiger partial charge in [0.15, 0.2) is 0 Å². The number of nitrogens with zero attached hydrogens (tertiary/aromatic N) is 3. The zero-order valence-corrected chi connectivity index (χ0v) is 12.2. The van der Waals surface area contributed by atoms with E-state index in [1.807, 2.05) is 19.1 Å². The Morgan fingerprint density at radius 3 is 2.52 bits per heavy atom. The van der Waals surface area contributed by atoms with Gasteiger partial charge < -0.3 is 5.32 Å². The van der Waals surface area contributed by atoms with E-state index in [-0.39, 0.29) is 16.7 Å². The molecule has 0 radical (unpaired) electrons. The van der Waals surface area contributed by atoms with Gasteiger partial charge in [0.2, 0.25) is 5.82 Å². The van der Waals surface area contributed by atoms with Gasteiger partial charge in [-0.3, -0.25) is 10.1 Å². The summed E-state index contributed by atoms with van der Waals surface area (Å²) in [6.45, 7) is 1.88. The van der Waals surface area contributed by atoms with E-state index >= 15 is 0 Å². The molecular formula is C15H18N4O2. The SMILES string of the molecule is CCc1nn(C)c(NC2Cc3ccccc3C2)c1[N+](=O)[O-]. The second-order valence-electron chi connectivity index (χ2n) is 5.40. The lowest BCUT2D eigenvalue weighted by Gasteiger charge is -2.12. The Labute approximate surface area is 122 Å². The molecule has 0 atom stereocenters. The summed E-state index contributed by atoms with van der Waals surface area (Å²) in [5.74, 6) is 0.509. The van der Waals surface area contributed by atoms with Gasteiger partial charge in [0.1, 0.15) is 5.69 Å². The smallest absolute Gasteiger partial charge is 0.333 e. The monoisotopic (exact) mass is 286 g/mol. The molecule has 1 aliphatic carbocycles. The Bertz CT molecular complexity index is 668. The highest BCUT2D eigenvalue weighted by atomic mass is 16.6. The van der Waals surface area contributed by atoms with Gasteiger partial charge in [-0.15, -0.1) is 0 Å². The van der Waals surface area contributed by atoms with Crippen LogP contribution in [0.2, 0.25) is 0 Å². The highest BCUT2D eigenvalue weighted by Crippen LogP contribution is 2.31. The second-order valence-corrected chi connectivity index (χ2v) is 5.40. The van der Waals surface area contributed by atoms with Gasteiger partial charge >= 0.3 is 5.69 Å². The van der Waals surface area contributed by atoms with Crippen LogP contribution in [0.25, 0.3) is 0 Å². The molecule has 1 aromatic heterocycles. The number of anilines is 1. The lowest BCUT2D eigenvalue weighted by atomic mass is 10.1. The molecule has 110 valence electrons. The first-order valence-electron chi connectivity index (χ1n) is 7.13. The zero-order valence-electron chi connectivity index (χ0n) is 12.2. The van der Waals surface area contributed by atoms with Crippen LogP contribution in [0.1, 0.15) is 23.7 Å². The quantitative estimate of drug-likeness (QED) is 0.692. The van der Waals surface area contributed by atoms with E-state index in [1.54, 1.807) is 11.7 Å². The Morgan fingerprint density at radius 2 is 2.00 bits per heavy atom. The van der Waals surface area contributed by atoms with Crippen LogP contribution in [-0.2, 0) is 26.3 Å². The molecule has 0 saturated carbocycles. The third-order valence-corrected chi connectivity index (χ3v) is 4.00. The number of aromatic nitrogens is 2. The maximum atomic E-state index is 11.3. The van der Waals surface area contributed by atoms with Gasteiger partial charge in [-0.2, -0.15) is 5.10 Å². The van der Waals surface area contributed by atoms with E-state index in [2.05, 4.69) is 22.5 Å². The van der Waals surface area contributed by atoms with E-state index in [1.165, 1.54) is 11.1 Å². The molecule has 1 heterocycles. The fourth-order valence-electron chi connectivity index (χ4n) is 3.01. The maximum Gasteiger partial charge on any atom is 0.333 e. The van der Waals surface area contributed by atoms with Crippen LogP contribution in [0.4, 0.5) is 11.5 Å². The molecule has 0 spiro atoms. The Balaban J connectivity index is 1.87. The lowest BCUT2D eigenvalue weighted by molar-refractivity contribution is -0.384. The number of rotatable bonds is 4. The molecule has 1 aromatic carbocycles. The summed E-state index contributed by atoms with van der Waals surface area (Å²) in [4.78, 5) is 11.0. The second kappa shape index (κ2) is 5.20. The molecule has 0 saturated heterocycles. The summed E-state index contributed by atoms with van der Waals surface area (Å²) in [6.07, 6.45) is 2.33. The van der Waals surface area contributed by atoms with Gasteiger partial charge in [-0.05, 0) is 30.4 Å². The Morgan fingerprint density at radius 1 is 1.38 bits per heavy atom. The van der Waals surface area contributed by atoms with Crippen molar-refractivity contribution in [2.75, 3.05) is 5.32 Å². The topological polar surface area (TPSA) is 73.0 Å². The summed E-state index contributed by atoms with van der Waals surface area (Å²) < 4.78 is 1.58. The molecule has 0 bridgehead atoms. The summed E-state index contributed by atoms with van der Waals surface area (Å²) in [6, 6.07) is 8.48. The Kier molecular flexibility index (Phi) is 3.37. The lowest BCUT2D eigenvalue weighted by Crippen LogP contribution is -2.21. The van der Waals surface area contributed by atoms with Crippen LogP contribution in [-0.4, -0.2) is 20.7 Å². The molecule has 6 nitrogen and oxygen atoms in total. The number of fused-ring (bicyclic) bond motifs is 1. The highest BCUT2D eigenvalue weighted by Gasteiger charge is 2.29. The average molecular weight is 286 g/mol. The number of aryl methyl sites for hydroxylation is 2. The number of hydrogen-bond donors (Lipinski definition) is 1. The number of nitro groups is 1. The minimum absolute atomic E-state index is 0.107. The van der Waals surface area contributed by atoms with Gasteiger partial charge in [0.05, 0.1) is 4.92 Å². The normalized spacial score (nSPS) is 14.2.